The van der Waals surface area contributed by atoms with Crippen LogP contribution in [0.5, 0.6) is 0 Å². The standard InChI is InChI=1S/C12H13ClF3N/c13-11-4-3-9(12(14,15)16)6-10(11)8-2-1-5-17-7-8/h3-4,6,8,17H,1-2,5,7H2. The van der Waals surface area contributed by atoms with Gasteiger partial charge in [-0.05, 0) is 49.1 Å². The van der Waals surface area contributed by atoms with Crippen LogP contribution in [-0.2, 0) is 6.18 Å². The molecule has 1 aromatic carbocycles. The van der Waals surface area contributed by atoms with Gasteiger partial charge in [-0.1, -0.05) is 11.6 Å². The summed E-state index contributed by atoms with van der Waals surface area (Å²) in [5.74, 6) is 0.0820. The zero-order chi connectivity index (χ0) is 12.5. The van der Waals surface area contributed by atoms with Crippen LogP contribution >= 0.6 is 11.6 Å². The van der Waals surface area contributed by atoms with Crippen molar-refractivity contribution in [1.29, 1.82) is 0 Å². The quantitative estimate of drug-likeness (QED) is 0.812. The van der Waals surface area contributed by atoms with Crippen LogP contribution in [-0.4, -0.2) is 13.1 Å². The lowest BCUT2D eigenvalue weighted by Crippen LogP contribution is -2.28. The number of rotatable bonds is 1. The molecule has 1 aromatic rings. The van der Waals surface area contributed by atoms with Crippen molar-refractivity contribution in [1.82, 2.24) is 5.32 Å². The summed E-state index contributed by atoms with van der Waals surface area (Å²) in [5, 5.41) is 3.60. The van der Waals surface area contributed by atoms with Crippen LogP contribution in [0.4, 0.5) is 13.2 Å². The van der Waals surface area contributed by atoms with Crippen molar-refractivity contribution >= 4 is 11.6 Å². The van der Waals surface area contributed by atoms with Crippen molar-refractivity contribution < 1.29 is 13.2 Å². The predicted molar refractivity (Wildman–Crippen MR) is 61.3 cm³/mol. The maximum atomic E-state index is 12.6. The molecule has 0 aromatic heterocycles. The van der Waals surface area contributed by atoms with Crippen LogP contribution in [0.2, 0.25) is 5.02 Å². The van der Waals surface area contributed by atoms with Gasteiger partial charge in [0.2, 0.25) is 0 Å². The molecule has 1 aliphatic rings. The highest BCUT2D eigenvalue weighted by Crippen LogP contribution is 2.35. The summed E-state index contributed by atoms with van der Waals surface area (Å²) in [6, 6.07) is 3.55. The lowest BCUT2D eigenvalue weighted by Gasteiger charge is -2.24. The first-order chi connectivity index (χ1) is 7.98. The summed E-state index contributed by atoms with van der Waals surface area (Å²) in [6.07, 6.45) is -2.45. The molecule has 0 saturated carbocycles. The summed E-state index contributed by atoms with van der Waals surface area (Å²) in [6.45, 7) is 1.62. The van der Waals surface area contributed by atoms with Gasteiger partial charge in [-0.2, -0.15) is 13.2 Å². The smallest absolute Gasteiger partial charge is 0.316 e. The van der Waals surface area contributed by atoms with Crippen LogP contribution in [0.25, 0.3) is 0 Å². The Labute approximate surface area is 103 Å². The Hall–Kier alpha value is -0.740. The monoisotopic (exact) mass is 263 g/mol. The Morgan fingerprint density at radius 2 is 2.06 bits per heavy atom. The van der Waals surface area contributed by atoms with Gasteiger partial charge in [-0.25, -0.2) is 0 Å². The Kier molecular flexibility index (Phi) is 3.64. The number of nitrogens with one attached hydrogen (secondary N) is 1. The second-order valence-corrected chi connectivity index (χ2v) is 4.68. The number of piperidine rings is 1. The Balaban J connectivity index is 2.31. The van der Waals surface area contributed by atoms with Gasteiger partial charge in [-0.15, -0.1) is 0 Å². The van der Waals surface area contributed by atoms with Gasteiger partial charge in [0.25, 0.3) is 0 Å². The molecule has 1 nitrogen and oxygen atoms in total. The van der Waals surface area contributed by atoms with E-state index < -0.39 is 11.7 Å². The molecule has 1 aliphatic heterocycles. The molecule has 1 fully saturated rings. The Morgan fingerprint density at radius 1 is 1.29 bits per heavy atom. The van der Waals surface area contributed by atoms with Crippen molar-refractivity contribution in [2.24, 2.45) is 0 Å². The molecule has 1 heterocycles. The Morgan fingerprint density at radius 3 is 2.65 bits per heavy atom. The lowest BCUT2D eigenvalue weighted by molar-refractivity contribution is -0.137. The average molecular weight is 264 g/mol. The summed E-state index contributed by atoms with van der Waals surface area (Å²) in [5.41, 5.74) is -0.0174. The first kappa shape index (κ1) is 12.7. The molecule has 0 bridgehead atoms. The zero-order valence-electron chi connectivity index (χ0n) is 9.15. The van der Waals surface area contributed by atoms with E-state index >= 15 is 0 Å². The fourth-order valence-corrected chi connectivity index (χ4v) is 2.42. The van der Waals surface area contributed by atoms with E-state index in [1.807, 2.05) is 0 Å². The fourth-order valence-electron chi connectivity index (χ4n) is 2.15. The van der Waals surface area contributed by atoms with Crippen molar-refractivity contribution in [2.75, 3.05) is 13.1 Å². The molecule has 1 atom stereocenters. The molecule has 1 N–H and O–H groups in total. The third kappa shape index (κ3) is 2.93. The van der Waals surface area contributed by atoms with E-state index in [4.69, 9.17) is 11.6 Å². The molecule has 1 unspecified atom stereocenters. The summed E-state index contributed by atoms with van der Waals surface area (Å²) in [4.78, 5) is 0. The van der Waals surface area contributed by atoms with Crippen molar-refractivity contribution in [3.8, 4) is 0 Å². The van der Waals surface area contributed by atoms with Crippen molar-refractivity contribution in [3.05, 3.63) is 34.3 Å². The van der Waals surface area contributed by atoms with Crippen LogP contribution in [0.3, 0.4) is 0 Å². The largest absolute Gasteiger partial charge is 0.416 e. The van der Waals surface area contributed by atoms with Crippen LogP contribution in [0.1, 0.15) is 29.9 Å². The molecule has 0 radical (unpaired) electrons. The van der Waals surface area contributed by atoms with Gasteiger partial charge >= 0.3 is 6.18 Å². The summed E-state index contributed by atoms with van der Waals surface area (Å²) in [7, 11) is 0. The number of halogens is 4. The minimum absolute atomic E-state index is 0.0820. The third-order valence-corrected chi connectivity index (χ3v) is 3.40. The molecule has 0 aliphatic carbocycles. The first-order valence-corrected chi connectivity index (χ1v) is 5.93. The van der Waals surface area contributed by atoms with E-state index in [1.54, 1.807) is 0 Å². The highest BCUT2D eigenvalue weighted by atomic mass is 35.5. The third-order valence-electron chi connectivity index (χ3n) is 3.06. The fraction of sp³-hybridized carbons (Fsp3) is 0.500. The van der Waals surface area contributed by atoms with Crippen molar-refractivity contribution in [2.45, 2.75) is 24.9 Å². The maximum Gasteiger partial charge on any atom is 0.416 e. The minimum Gasteiger partial charge on any atom is -0.316 e. The second-order valence-electron chi connectivity index (χ2n) is 4.28. The van der Waals surface area contributed by atoms with Crippen LogP contribution < -0.4 is 5.32 Å². The lowest BCUT2D eigenvalue weighted by atomic mass is 9.90. The predicted octanol–water partition coefficient (Wildman–Crippen LogP) is 3.83. The number of hydrogen-bond acceptors (Lipinski definition) is 1. The molecule has 17 heavy (non-hydrogen) atoms. The minimum atomic E-state index is -4.30. The highest BCUT2D eigenvalue weighted by molar-refractivity contribution is 6.31. The van der Waals surface area contributed by atoms with E-state index in [0.717, 1.165) is 25.5 Å². The summed E-state index contributed by atoms with van der Waals surface area (Å²) < 4.78 is 37.8. The second kappa shape index (κ2) is 4.86. The molecule has 0 amide bonds. The van der Waals surface area contributed by atoms with Gasteiger partial charge in [0.1, 0.15) is 0 Å². The summed E-state index contributed by atoms with van der Waals surface area (Å²) >= 11 is 5.98. The van der Waals surface area contributed by atoms with Crippen LogP contribution in [0, 0.1) is 0 Å². The van der Waals surface area contributed by atoms with Gasteiger partial charge < -0.3 is 5.32 Å². The number of alkyl halides is 3. The highest BCUT2D eigenvalue weighted by Gasteiger charge is 2.31. The topological polar surface area (TPSA) is 12.0 Å². The Bertz CT molecular complexity index is 397. The van der Waals surface area contributed by atoms with Gasteiger partial charge in [-0.3, -0.25) is 0 Å². The molecule has 0 spiro atoms. The normalized spacial score (nSPS) is 21.5. The van der Waals surface area contributed by atoms with Gasteiger partial charge in [0, 0.05) is 11.6 Å². The van der Waals surface area contributed by atoms with Crippen LogP contribution in [0.15, 0.2) is 18.2 Å². The molecule has 2 rings (SSSR count). The van der Waals surface area contributed by atoms with Gasteiger partial charge in [0.05, 0.1) is 5.56 Å². The van der Waals surface area contributed by atoms with E-state index in [0.29, 0.717) is 17.1 Å². The van der Waals surface area contributed by atoms with E-state index in [9.17, 15) is 13.2 Å². The number of benzene rings is 1. The van der Waals surface area contributed by atoms with Gasteiger partial charge in [0.15, 0.2) is 0 Å². The number of hydrogen-bond donors (Lipinski definition) is 1. The van der Waals surface area contributed by atoms with Crippen molar-refractivity contribution in [3.63, 3.8) is 0 Å². The molecule has 5 heteroatoms. The molecular weight excluding hydrogens is 251 g/mol. The van der Waals surface area contributed by atoms with E-state index in [1.165, 1.54) is 12.1 Å². The molecular formula is C12H13ClF3N. The SMILES string of the molecule is FC(F)(F)c1ccc(Cl)c(C2CCCNC2)c1. The first-order valence-electron chi connectivity index (χ1n) is 5.56. The maximum absolute atomic E-state index is 12.6. The molecule has 94 valence electrons. The van der Waals surface area contributed by atoms with E-state index in [2.05, 4.69) is 5.32 Å². The van der Waals surface area contributed by atoms with E-state index in [-0.39, 0.29) is 5.92 Å². The zero-order valence-corrected chi connectivity index (χ0v) is 9.91. The molecule has 1 saturated heterocycles. The average Bonchev–Trinajstić information content (AvgIpc) is 2.29.